The van der Waals surface area contributed by atoms with Crippen molar-refractivity contribution in [2.75, 3.05) is 7.11 Å². The molecule has 0 fully saturated rings. The molecular formula is C10H10N4O2. The molecule has 0 saturated heterocycles. The Hall–Kier alpha value is -2.24. The topological polar surface area (TPSA) is 69.9 Å². The van der Waals surface area contributed by atoms with Crippen molar-refractivity contribution in [1.82, 2.24) is 20.0 Å². The van der Waals surface area contributed by atoms with Crippen LogP contribution in [0, 0.1) is 6.92 Å². The van der Waals surface area contributed by atoms with Gasteiger partial charge in [0.25, 0.3) is 0 Å². The SMILES string of the molecule is COC(=O)c1ccc(-n2cc(C)nn2)nc1. The lowest BCUT2D eigenvalue weighted by Crippen LogP contribution is -2.04. The Morgan fingerprint density at radius 3 is 2.75 bits per heavy atom. The normalized spacial score (nSPS) is 10.1. The molecule has 16 heavy (non-hydrogen) atoms. The summed E-state index contributed by atoms with van der Waals surface area (Å²) in [4.78, 5) is 15.3. The van der Waals surface area contributed by atoms with Gasteiger partial charge in [0.1, 0.15) is 0 Å². The molecule has 82 valence electrons. The molecule has 0 spiro atoms. The second kappa shape index (κ2) is 4.09. The van der Waals surface area contributed by atoms with E-state index in [2.05, 4.69) is 20.0 Å². The number of carbonyl (C=O) groups excluding carboxylic acids is 1. The van der Waals surface area contributed by atoms with Crippen LogP contribution in [-0.2, 0) is 4.74 Å². The van der Waals surface area contributed by atoms with Crippen LogP contribution in [-0.4, -0.2) is 33.1 Å². The number of rotatable bonds is 2. The summed E-state index contributed by atoms with van der Waals surface area (Å²) in [5.74, 6) is 0.196. The van der Waals surface area contributed by atoms with Crippen molar-refractivity contribution in [2.45, 2.75) is 6.92 Å². The van der Waals surface area contributed by atoms with Crippen molar-refractivity contribution in [3.8, 4) is 5.82 Å². The maximum absolute atomic E-state index is 11.2. The molecule has 6 nitrogen and oxygen atoms in total. The van der Waals surface area contributed by atoms with Gasteiger partial charge in [-0.05, 0) is 19.1 Å². The highest BCUT2D eigenvalue weighted by molar-refractivity contribution is 5.88. The number of hydrogen-bond donors (Lipinski definition) is 0. The van der Waals surface area contributed by atoms with E-state index in [-0.39, 0.29) is 0 Å². The summed E-state index contributed by atoms with van der Waals surface area (Å²) in [6.07, 6.45) is 3.19. The Bertz CT molecular complexity index is 504. The van der Waals surface area contributed by atoms with Crippen LogP contribution >= 0.6 is 0 Å². The number of ether oxygens (including phenoxy) is 1. The van der Waals surface area contributed by atoms with Crippen molar-refractivity contribution < 1.29 is 9.53 Å². The van der Waals surface area contributed by atoms with E-state index in [9.17, 15) is 4.79 Å². The summed E-state index contributed by atoms with van der Waals surface area (Å²) in [6.45, 7) is 1.84. The van der Waals surface area contributed by atoms with Crippen molar-refractivity contribution in [3.05, 3.63) is 35.8 Å². The summed E-state index contributed by atoms with van der Waals surface area (Å²) in [7, 11) is 1.33. The van der Waals surface area contributed by atoms with Gasteiger partial charge in [-0.25, -0.2) is 14.5 Å². The highest BCUT2D eigenvalue weighted by Crippen LogP contribution is 2.05. The number of aromatic nitrogens is 4. The maximum atomic E-state index is 11.2. The Morgan fingerprint density at radius 2 is 2.25 bits per heavy atom. The predicted octanol–water partition coefficient (Wildman–Crippen LogP) is 0.757. The van der Waals surface area contributed by atoms with E-state index in [0.29, 0.717) is 11.4 Å². The third kappa shape index (κ3) is 1.90. The molecule has 0 radical (unpaired) electrons. The van der Waals surface area contributed by atoms with Crippen LogP contribution in [0.15, 0.2) is 24.5 Å². The minimum atomic E-state index is -0.408. The largest absolute Gasteiger partial charge is 0.465 e. The first-order chi connectivity index (χ1) is 7.70. The summed E-state index contributed by atoms with van der Waals surface area (Å²) >= 11 is 0. The number of carbonyl (C=O) groups is 1. The lowest BCUT2D eigenvalue weighted by Gasteiger charge is -2.00. The van der Waals surface area contributed by atoms with E-state index in [0.717, 1.165) is 5.69 Å². The van der Waals surface area contributed by atoms with E-state index >= 15 is 0 Å². The molecule has 0 aromatic carbocycles. The van der Waals surface area contributed by atoms with E-state index in [4.69, 9.17) is 0 Å². The van der Waals surface area contributed by atoms with Crippen LogP contribution in [0.3, 0.4) is 0 Å². The monoisotopic (exact) mass is 218 g/mol. The van der Waals surface area contributed by atoms with Crippen LogP contribution in [0.1, 0.15) is 16.1 Å². The Balaban J connectivity index is 2.29. The molecule has 0 aliphatic rings. The average Bonchev–Trinajstić information content (AvgIpc) is 2.75. The Morgan fingerprint density at radius 1 is 1.44 bits per heavy atom. The second-order valence-electron chi connectivity index (χ2n) is 3.20. The zero-order valence-corrected chi connectivity index (χ0v) is 8.91. The number of pyridine rings is 1. The van der Waals surface area contributed by atoms with Crippen LogP contribution < -0.4 is 0 Å². The van der Waals surface area contributed by atoms with Gasteiger partial charge in [-0.2, -0.15) is 0 Å². The standard InChI is InChI=1S/C10H10N4O2/c1-7-6-14(13-12-7)9-4-3-8(5-11-9)10(15)16-2/h3-6H,1-2H3. The molecule has 0 bridgehead atoms. The molecule has 0 atom stereocenters. The van der Waals surface area contributed by atoms with Gasteiger partial charge in [-0.3, -0.25) is 0 Å². The van der Waals surface area contributed by atoms with Gasteiger partial charge in [0.2, 0.25) is 0 Å². The molecule has 0 amide bonds. The third-order valence-electron chi connectivity index (χ3n) is 2.01. The highest BCUT2D eigenvalue weighted by Gasteiger charge is 2.06. The van der Waals surface area contributed by atoms with Gasteiger partial charge in [0.05, 0.1) is 24.6 Å². The van der Waals surface area contributed by atoms with Gasteiger partial charge in [0.15, 0.2) is 5.82 Å². The zero-order chi connectivity index (χ0) is 11.5. The van der Waals surface area contributed by atoms with Crippen molar-refractivity contribution >= 4 is 5.97 Å². The summed E-state index contributed by atoms with van der Waals surface area (Å²) in [5, 5.41) is 7.72. The fourth-order valence-electron chi connectivity index (χ4n) is 1.22. The van der Waals surface area contributed by atoms with Gasteiger partial charge in [-0.1, -0.05) is 5.21 Å². The van der Waals surface area contributed by atoms with Gasteiger partial charge < -0.3 is 4.74 Å². The number of aryl methyl sites for hydroxylation is 1. The number of methoxy groups -OCH3 is 1. The van der Waals surface area contributed by atoms with Crippen LogP contribution in [0.25, 0.3) is 5.82 Å². The van der Waals surface area contributed by atoms with Gasteiger partial charge >= 0.3 is 5.97 Å². The Kier molecular flexibility index (Phi) is 2.63. The van der Waals surface area contributed by atoms with Crippen molar-refractivity contribution in [2.24, 2.45) is 0 Å². The first-order valence-electron chi connectivity index (χ1n) is 4.64. The van der Waals surface area contributed by atoms with E-state index in [1.54, 1.807) is 18.3 Å². The first-order valence-corrected chi connectivity index (χ1v) is 4.64. The molecule has 2 heterocycles. The molecule has 0 N–H and O–H groups in total. The minimum absolute atomic E-state index is 0.406. The molecule has 2 aromatic heterocycles. The number of hydrogen-bond acceptors (Lipinski definition) is 5. The molecular weight excluding hydrogens is 208 g/mol. The predicted molar refractivity (Wildman–Crippen MR) is 55.2 cm³/mol. The number of nitrogens with zero attached hydrogens (tertiary/aromatic N) is 4. The quantitative estimate of drug-likeness (QED) is 0.696. The van der Waals surface area contributed by atoms with Crippen LogP contribution in [0.5, 0.6) is 0 Å². The maximum Gasteiger partial charge on any atom is 0.339 e. The second-order valence-corrected chi connectivity index (χ2v) is 3.20. The summed E-state index contributed by atoms with van der Waals surface area (Å²) in [5.41, 5.74) is 1.21. The molecule has 2 aromatic rings. The average molecular weight is 218 g/mol. The van der Waals surface area contributed by atoms with E-state index in [1.165, 1.54) is 18.0 Å². The molecule has 0 unspecified atom stereocenters. The fourth-order valence-corrected chi connectivity index (χ4v) is 1.22. The fraction of sp³-hybridized carbons (Fsp3) is 0.200. The molecule has 6 heteroatoms. The summed E-state index contributed by atoms with van der Waals surface area (Å²) < 4.78 is 6.11. The lowest BCUT2D eigenvalue weighted by atomic mass is 10.3. The third-order valence-corrected chi connectivity index (χ3v) is 2.01. The first kappa shape index (κ1) is 10.3. The highest BCUT2D eigenvalue weighted by atomic mass is 16.5. The van der Waals surface area contributed by atoms with Crippen LogP contribution in [0.4, 0.5) is 0 Å². The van der Waals surface area contributed by atoms with Gasteiger partial charge in [-0.15, -0.1) is 5.10 Å². The minimum Gasteiger partial charge on any atom is -0.465 e. The van der Waals surface area contributed by atoms with Crippen LogP contribution in [0.2, 0.25) is 0 Å². The smallest absolute Gasteiger partial charge is 0.339 e. The van der Waals surface area contributed by atoms with Gasteiger partial charge in [0, 0.05) is 6.20 Å². The molecule has 0 aliphatic carbocycles. The van der Waals surface area contributed by atoms with E-state index < -0.39 is 5.97 Å². The molecule has 0 saturated carbocycles. The van der Waals surface area contributed by atoms with E-state index in [1.807, 2.05) is 6.92 Å². The number of esters is 1. The van der Waals surface area contributed by atoms with Crippen molar-refractivity contribution in [3.63, 3.8) is 0 Å². The van der Waals surface area contributed by atoms with Crippen molar-refractivity contribution in [1.29, 1.82) is 0 Å². The zero-order valence-electron chi connectivity index (χ0n) is 8.91. The summed E-state index contributed by atoms with van der Waals surface area (Å²) in [6, 6.07) is 3.31. The Labute approximate surface area is 91.9 Å². The molecule has 0 aliphatic heterocycles. The lowest BCUT2D eigenvalue weighted by molar-refractivity contribution is 0.0600. The molecule has 2 rings (SSSR count).